The van der Waals surface area contributed by atoms with Crippen molar-refractivity contribution < 1.29 is 37.0 Å². The van der Waals surface area contributed by atoms with E-state index in [0.29, 0.717) is 29.9 Å². The van der Waals surface area contributed by atoms with Crippen LogP contribution in [0.25, 0.3) is 11.1 Å². The number of halogens is 3. The predicted molar refractivity (Wildman–Crippen MR) is 148 cm³/mol. The number of hydrogen-bond donors (Lipinski definition) is 2. The molecule has 2 N–H and O–H groups in total. The number of carbonyl (C=O) groups excluding carboxylic acids is 2. The number of alkyl carbamates (subject to hydrolysis) is 1. The summed E-state index contributed by atoms with van der Waals surface area (Å²) in [6.07, 6.45) is -3.22. The van der Waals surface area contributed by atoms with Crippen molar-refractivity contribution in [2.75, 3.05) is 13.2 Å². The van der Waals surface area contributed by atoms with E-state index in [4.69, 9.17) is 14.2 Å². The van der Waals surface area contributed by atoms with Gasteiger partial charge in [-0.2, -0.15) is 18.2 Å². The van der Waals surface area contributed by atoms with E-state index in [-0.39, 0.29) is 24.4 Å². The lowest BCUT2D eigenvalue weighted by atomic mass is 9.95. The number of nitrogens with zero attached hydrogens (tertiary/aromatic N) is 2. The second-order valence-corrected chi connectivity index (χ2v) is 10.9. The molecule has 1 fully saturated rings. The fourth-order valence-electron chi connectivity index (χ4n) is 4.24. The van der Waals surface area contributed by atoms with Crippen molar-refractivity contribution >= 4 is 12.0 Å². The number of carbonyl (C=O) groups is 2. The van der Waals surface area contributed by atoms with Gasteiger partial charge in [-0.15, -0.1) is 0 Å². The number of nitrogens with one attached hydrogen (secondary N) is 2. The summed E-state index contributed by atoms with van der Waals surface area (Å²) in [6.45, 7) is 7.93. The molecule has 9 nitrogen and oxygen atoms in total. The average Bonchev–Trinajstić information content (AvgIpc) is 3.43. The van der Waals surface area contributed by atoms with Crippen LogP contribution in [-0.4, -0.2) is 46.9 Å². The van der Waals surface area contributed by atoms with Gasteiger partial charge in [0.2, 0.25) is 0 Å². The van der Waals surface area contributed by atoms with E-state index in [0.717, 1.165) is 24.1 Å². The zero-order valence-corrected chi connectivity index (χ0v) is 23.7. The molecule has 12 heteroatoms. The topological polar surface area (TPSA) is 112 Å². The Morgan fingerprint density at radius 1 is 1.10 bits per heavy atom. The number of ether oxygens (including phenoxy) is 3. The molecule has 224 valence electrons. The normalized spacial score (nSPS) is 16.0. The molecule has 2 atom stereocenters. The van der Waals surface area contributed by atoms with E-state index >= 15 is 0 Å². The maximum Gasteiger partial charge on any atom is 0.416 e. The van der Waals surface area contributed by atoms with Gasteiger partial charge in [-0.1, -0.05) is 30.3 Å². The maximum atomic E-state index is 13.5. The highest BCUT2D eigenvalue weighted by Gasteiger charge is 2.31. The van der Waals surface area contributed by atoms with E-state index in [9.17, 15) is 22.8 Å². The lowest BCUT2D eigenvalue weighted by Crippen LogP contribution is -2.32. The van der Waals surface area contributed by atoms with Crippen LogP contribution in [0.15, 0.2) is 54.7 Å². The van der Waals surface area contributed by atoms with Gasteiger partial charge >= 0.3 is 18.3 Å². The number of alkyl halides is 3. The zero-order valence-electron chi connectivity index (χ0n) is 23.7. The van der Waals surface area contributed by atoms with Crippen LogP contribution in [0, 0.1) is 0 Å². The summed E-state index contributed by atoms with van der Waals surface area (Å²) in [7, 11) is 0. The molecular weight excluding hydrogens is 553 g/mol. The summed E-state index contributed by atoms with van der Waals surface area (Å²) in [5.41, 5.74) is 0.632. The van der Waals surface area contributed by atoms with Gasteiger partial charge in [-0.05, 0) is 68.1 Å². The quantitative estimate of drug-likeness (QED) is 0.341. The van der Waals surface area contributed by atoms with E-state index in [1.54, 1.807) is 52.0 Å². The summed E-state index contributed by atoms with van der Waals surface area (Å²) in [5.74, 6) is -0.435. The first-order valence-corrected chi connectivity index (χ1v) is 13.4. The molecule has 1 saturated heterocycles. The molecule has 0 saturated carbocycles. The first kappa shape index (κ1) is 30.8. The molecule has 1 aliphatic heterocycles. The van der Waals surface area contributed by atoms with Crippen LogP contribution in [0.5, 0.6) is 6.01 Å². The smallest absolute Gasteiger partial charge is 0.416 e. The first-order valence-electron chi connectivity index (χ1n) is 13.4. The Morgan fingerprint density at radius 2 is 1.83 bits per heavy atom. The van der Waals surface area contributed by atoms with Crippen LogP contribution >= 0.6 is 0 Å². The van der Waals surface area contributed by atoms with Crippen LogP contribution in [-0.2, 0) is 22.2 Å². The fourth-order valence-corrected chi connectivity index (χ4v) is 4.24. The molecule has 42 heavy (non-hydrogen) atoms. The Balaban J connectivity index is 1.48. The first-order chi connectivity index (χ1) is 19.8. The molecule has 2 amide bonds. The van der Waals surface area contributed by atoms with Gasteiger partial charge in [-0.3, -0.25) is 4.79 Å². The molecule has 0 unspecified atom stereocenters. The van der Waals surface area contributed by atoms with Gasteiger partial charge in [0.25, 0.3) is 5.91 Å². The molecule has 3 aromatic rings. The Morgan fingerprint density at radius 3 is 2.48 bits per heavy atom. The van der Waals surface area contributed by atoms with Gasteiger partial charge in [0.05, 0.1) is 24.8 Å². The third-order valence-corrected chi connectivity index (χ3v) is 6.35. The molecule has 0 aliphatic carbocycles. The van der Waals surface area contributed by atoms with Gasteiger partial charge in [0.1, 0.15) is 17.4 Å². The Labute approximate surface area is 241 Å². The Bertz CT molecular complexity index is 1400. The monoisotopic (exact) mass is 586 g/mol. The Hall–Kier alpha value is -4.19. The van der Waals surface area contributed by atoms with Crippen LogP contribution in [0.3, 0.4) is 0 Å². The van der Waals surface area contributed by atoms with Crippen LogP contribution in [0.1, 0.15) is 67.3 Å². The molecule has 1 aliphatic rings. The highest BCUT2D eigenvalue weighted by Crippen LogP contribution is 2.34. The number of hydrogen-bond acceptors (Lipinski definition) is 7. The second kappa shape index (κ2) is 12.8. The minimum atomic E-state index is -4.54. The summed E-state index contributed by atoms with van der Waals surface area (Å²) in [6, 6.07) is 11.3. The third-order valence-electron chi connectivity index (χ3n) is 6.35. The number of benzene rings is 2. The summed E-state index contributed by atoms with van der Waals surface area (Å²) >= 11 is 0. The zero-order chi connectivity index (χ0) is 30.5. The summed E-state index contributed by atoms with van der Waals surface area (Å²) in [4.78, 5) is 33.3. The fraction of sp³-hybridized carbons (Fsp3) is 0.400. The van der Waals surface area contributed by atoms with Crippen LogP contribution in [0.2, 0.25) is 0 Å². The van der Waals surface area contributed by atoms with Crippen LogP contribution < -0.4 is 15.4 Å². The maximum absolute atomic E-state index is 13.5. The van der Waals surface area contributed by atoms with Gasteiger partial charge in [-0.25, -0.2) is 9.78 Å². The van der Waals surface area contributed by atoms with Crippen molar-refractivity contribution in [2.24, 2.45) is 0 Å². The third kappa shape index (κ3) is 8.41. The molecule has 0 bridgehead atoms. The molecule has 4 rings (SSSR count). The van der Waals surface area contributed by atoms with Crippen molar-refractivity contribution in [3.8, 4) is 17.1 Å². The summed E-state index contributed by atoms with van der Waals surface area (Å²) < 4.78 is 56.8. The molecule has 0 spiro atoms. The molecule has 0 radical (unpaired) electrons. The van der Waals surface area contributed by atoms with Gasteiger partial charge in [0.15, 0.2) is 0 Å². The van der Waals surface area contributed by atoms with Crippen molar-refractivity contribution in [3.05, 3.63) is 77.1 Å². The van der Waals surface area contributed by atoms with Gasteiger partial charge < -0.3 is 24.8 Å². The molecule has 1 aromatic heterocycles. The number of aromatic nitrogens is 2. The standard InChI is InChI=1S/C30H33F3N4O5/c1-18(36-26(38)25-11-13-34-27(37-25)41-23-12-14-40-17-23)19-5-7-20(8-6-19)24-15-22(30(31,32)33)10-9-21(24)16-35-28(39)42-29(2,3)4/h5-11,13,15,18,23H,12,14,16-17H2,1-4H3,(H,35,39)(H,36,38)/t18-,23-/m1/s1. The van der Waals surface area contributed by atoms with Gasteiger partial charge in [0, 0.05) is 19.2 Å². The minimum Gasteiger partial charge on any atom is -0.458 e. The second-order valence-electron chi connectivity index (χ2n) is 10.9. The number of amides is 2. The van der Waals surface area contributed by atoms with Crippen molar-refractivity contribution in [1.82, 2.24) is 20.6 Å². The highest BCUT2D eigenvalue weighted by atomic mass is 19.4. The van der Waals surface area contributed by atoms with E-state index < -0.39 is 35.4 Å². The Kier molecular flexibility index (Phi) is 9.35. The lowest BCUT2D eigenvalue weighted by molar-refractivity contribution is -0.137. The van der Waals surface area contributed by atoms with E-state index in [1.807, 2.05) is 0 Å². The highest BCUT2D eigenvalue weighted by molar-refractivity contribution is 5.92. The van der Waals surface area contributed by atoms with Crippen LogP contribution in [0.4, 0.5) is 18.0 Å². The SMILES string of the molecule is C[C@@H](NC(=O)c1ccnc(O[C@@H]2CCOC2)n1)c1ccc(-c2cc(C(F)(F)F)ccc2CNC(=O)OC(C)(C)C)cc1. The molecule has 2 aromatic carbocycles. The molecular formula is C30H33F3N4O5. The van der Waals surface area contributed by atoms with Crippen molar-refractivity contribution in [1.29, 1.82) is 0 Å². The number of rotatable bonds is 8. The van der Waals surface area contributed by atoms with Crippen molar-refractivity contribution in [2.45, 2.75) is 64.6 Å². The van der Waals surface area contributed by atoms with Crippen molar-refractivity contribution in [3.63, 3.8) is 0 Å². The lowest BCUT2D eigenvalue weighted by Gasteiger charge is -2.20. The average molecular weight is 587 g/mol. The molecule has 2 heterocycles. The van der Waals surface area contributed by atoms with E-state index in [1.165, 1.54) is 18.3 Å². The summed E-state index contributed by atoms with van der Waals surface area (Å²) in [5, 5.41) is 5.46. The minimum absolute atomic E-state index is 0.0327. The largest absolute Gasteiger partial charge is 0.458 e. The van der Waals surface area contributed by atoms with E-state index in [2.05, 4.69) is 20.6 Å². The predicted octanol–water partition coefficient (Wildman–Crippen LogP) is 5.85.